The lowest BCUT2D eigenvalue weighted by molar-refractivity contribution is -0.0263. The van der Waals surface area contributed by atoms with E-state index < -0.39 is 5.60 Å². The Hall–Kier alpha value is -2.28. The third-order valence-electron chi connectivity index (χ3n) is 9.86. The highest BCUT2D eigenvalue weighted by Gasteiger charge is 2.38. The Balaban J connectivity index is 0.00000276. The van der Waals surface area contributed by atoms with Crippen LogP contribution in [0.1, 0.15) is 75.0 Å². The molecule has 8 heteroatoms. The molecule has 2 N–H and O–H groups in total. The summed E-state index contributed by atoms with van der Waals surface area (Å²) < 4.78 is 0. The smallest absolute Gasteiger partial charge is 0.317 e. The van der Waals surface area contributed by atoms with Crippen LogP contribution in [0.25, 0.3) is 0 Å². The van der Waals surface area contributed by atoms with Gasteiger partial charge in [0, 0.05) is 43.2 Å². The van der Waals surface area contributed by atoms with Gasteiger partial charge >= 0.3 is 6.03 Å². The van der Waals surface area contributed by atoms with Crippen molar-refractivity contribution in [3.63, 3.8) is 0 Å². The summed E-state index contributed by atoms with van der Waals surface area (Å²) >= 11 is 6.09. The number of aliphatic hydroxyl groups is 1. The van der Waals surface area contributed by atoms with Gasteiger partial charge in [-0.1, -0.05) is 91.3 Å². The van der Waals surface area contributed by atoms with Crippen LogP contribution in [0.15, 0.2) is 84.9 Å². The van der Waals surface area contributed by atoms with Crippen LogP contribution in [-0.2, 0) is 11.0 Å². The number of piperidine rings is 2. The summed E-state index contributed by atoms with van der Waals surface area (Å²) in [5, 5.41) is 15.1. The van der Waals surface area contributed by atoms with E-state index >= 15 is 0 Å². The number of nitrogens with zero attached hydrogens (tertiary/aromatic N) is 2. The molecule has 0 atom stereocenters. The molecule has 2 saturated heterocycles. The third-order valence-corrected chi connectivity index (χ3v) is 10.1. The summed E-state index contributed by atoms with van der Waals surface area (Å²) in [7, 11) is 0. The zero-order chi connectivity index (χ0) is 30.1. The van der Waals surface area contributed by atoms with Gasteiger partial charge in [0.15, 0.2) is 0 Å². The van der Waals surface area contributed by atoms with Gasteiger partial charge in [0.1, 0.15) is 0 Å². The third kappa shape index (κ3) is 9.39. The lowest BCUT2D eigenvalue weighted by atomic mass is 9.65. The van der Waals surface area contributed by atoms with E-state index in [0.717, 1.165) is 96.2 Å². The quantitative estimate of drug-likeness (QED) is 0.215. The number of carbonyl (C=O) groups excluding carboxylic acids is 1. The summed E-state index contributed by atoms with van der Waals surface area (Å²) in [5.74, 6) is 0.556. The van der Waals surface area contributed by atoms with Crippen molar-refractivity contribution in [3.8, 4) is 0 Å². The number of carbonyl (C=O) groups is 1. The van der Waals surface area contributed by atoms with Gasteiger partial charge in [0.05, 0.1) is 5.60 Å². The first kappa shape index (κ1) is 37.2. The predicted molar refractivity (Wildman–Crippen MR) is 191 cm³/mol. The summed E-state index contributed by atoms with van der Waals surface area (Å²) in [6.45, 7) is 7.28. The summed E-state index contributed by atoms with van der Waals surface area (Å²) in [5.41, 5.74) is 2.89. The van der Waals surface area contributed by atoms with E-state index in [9.17, 15) is 9.90 Å². The normalized spacial score (nSPS) is 17.2. The Labute approximate surface area is 287 Å². The van der Waals surface area contributed by atoms with Crippen LogP contribution in [0.2, 0.25) is 5.02 Å². The fourth-order valence-corrected chi connectivity index (χ4v) is 7.41. The minimum Gasteiger partial charge on any atom is -0.385 e. The lowest BCUT2D eigenvalue weighted by Crippen LogP contribution is -2.45. The molecule has 5 rings (SSSR count). The predicted octanol–water partition coefficient (Wildman–Crippen LogP) is 8.46. The highest BCUT2D eigenvalue weighted by atomic mass is 35.5. The van der Waals surface area contributed by atoms with Crippen molar-refractivity contribution in [1.29, 1.82) is 0 Å². The topological polar surface area (TPSA) is 55.8 Å². The van der Waals surface area contributed by atoms with Gasteiger partial charge in [0.25, 0.3) is 0 Å². The van der Waals surface area contributed by atoms with Crippen molar-refractivity contribution >= 4 is 42.4 Å². The largest absolute Gasteiger partial charge is 0.385 e. The molecule has 2 aliphatic heterocycles. The van der Waals surface area contributed by atoms with Crippen molar-refractivity contribution in [2.75, 3.05) is 39.3 Å². The number of likely N-dealkylation sites (tertiary alicyclic amines) is 2. The molecule has 3 aromatic carbocycles. The molecule has 2 aliphatic rings. The van der Waals surface area contributed by atoms with Crippen LogP contribution in [0.3, 0.4) is 0 Å². The van der Waals surface area contributed by atoms with Gasteiger partial charge in [-0.3, -0.25) is 0 Å². The number of nitrogens with one attached hydrogen (secondary N) is 1. The molecule has 0 spiro atoms. The fourth-order valence-electron chi connectivity index (χ4n) is 7.28. The van der Waals surface area contributed by atoms with E-state index in [1.165, 1.54) is 11.1 Å². The molecule has 0 unspecified atom stereocenters. The van der Waals surface area contributed by atoms with Crippen LogP contribution in [0.5, 0.6) is 0 Å². The molecule has 0 aliphatic carbocycles. The molecular formula is C37H50Cl3N3O2. The van der Waals surface area contributed by atoms with Gasteiger partial charge in [-0.25, -0.2) is 4.79 Å². The Morgan fingerprint density at radius 1 is 0.889 bits per heavy atom. The fraction of sp³-hybridized carbons (Fsp3) is 0.486. The van der Waals surface area contributed by atoms with E-state index in [1.54, 1.807) is 0 Å². The highest BCUT2D eigenvalue weighted by Crippen LogP contribution is 2.44. The standard InChI is InChI=1S/C37H48ClN3O2.2ClH/c1-2-23-39-35(42)41-25-18-30(19-26-41)29-36(31-10-5-3-6-11-31,32-12-7-4-8-13-32)20-9-24-40-27-21-37(43,22-28-40)33-14-16-34(38)17-15-33;;/h3-8,10-17,30,43H,2,9,18-29H2,1H3,(H,39,42);2*1H. The first-order valence-corrected chi connectivity index (χ1v) is 16.6. The van der Waals surface area contributed by atoms with Crippen molar-refractivity contribution in [2.24, 2.45) is 5.92 Å². The van der Waals surface area contributed by atoms with Crippen molar-refractivity contribution in [2.45, 2.75) is 69.3 Å². The van der Waals surface area contributed by atoms with E-state index in [1.807, 2.05) is 29.2 Å². The van der Waals surface area contributed by atoms with Crippen LogP contribution >= 0.6 is 36.4 Å². The first-order valence-electron chi connectivity index (χ1n) is 16.3. The van der Waals surface area contributed by atoms with Crippen LogP contribution in [0.4, 0.5) is 4.79 Å². The van der Waals surface area contributed by atoms with Crippen LogP contribution in [-0.4, -0.2) is 60.2 Å². The Morgan fingerprint density at radius 2 is 1.44 bits per heavy atom. The molecule has 0 aromatic heterocycles. The SMILES string of the molecule is CCCNC(=O)N1CCC(CC(CCCN2CCC(O)(c3ccc(Cl)cc3)CC2)(c2ccccc2)c2ccccc2)CC1.Cl.Cl. The number of rotatable bonds is 11. The van der Waals surface area contributed by atoms with Crippen molar-refractivity contribution in [1.82, 2.24) is 15.1 Å². The Bertz CT molecular complexity index is 1240. The molecule has 45 heavy (non-hydrogen) atoms. The minimum absolute atomic E-state index is 0. The molecule has 0 saturated carbocycles. The molecule has 0 bridgehead atoms. The molecular weight excluding hydrogens is 625 g/mol. The van der Waals surface area contributed by atoms with E-state index in [2.05, 4.69) is 77.8 Å². The van der Waals surface area contributed by atoms with Gasteiger partial charge in [-0.05, 0) is 92.7 Å². The zero-order valence-corrected chi connectivity index (χ0v) is 28.9. The van der Waals surface area contributed by atoms with Crippen molar-refractivity contribution in [3.05, 3.63) is 107 Å². The molecule has 2 amide bonds. The Kier molecular flexibility index (Phi) is 14.5. The molecule has 2 fully saturated rings. The zero-order valence-electron chi connectivity index (χ0n) is 26.5. The maximum absolute atomic E-state index is 12.6. The maximum atomic E-state index is 12.6. The average Bonchev–Trinajstić information content (AvgIpc) is 3.05. The van der Waals surface area contributed by atoms with Crippen molar-refractivity contribution < 1.29 is 9.90 Å². The number of hydrogen-bond donors (Lipinski definition) is 2. The second-order valence-electron chi connectivity index (χ2n) is 12.7. The highest BCUT2D eigenvalue weighted by molar-refractivity contribution is 6.30. The molecule has 246 valence electrons. The summed E-state index contributed by atoms with van der Waals surface area (Å²) in [6.07, 6.45) is 7.74. The number of amides is 2. The number of hydrogen-bond acceptors (Lipinski definition) is 3. The van der Waals surface area contributed by atoms with Gasteiger partial charge in [-0.15, -0.1) is 24.8 Å². The number of urea groups is 1. The molecule has 5 nitrogen and oxygen atoms in total. The Morgan fingerprint density at radius 3 is 1.98 bits per heavy atom. The number of halogens is 3. The van der Waals surface area contributed by atoms with E-state index in [-0.39, 0.29) is 36.3 Å². The second kappa shape index (κ2) is 17.6. The van der Waals surface area contributed by atoms with E-state index in [0.29, 0.717) is 10.9 Å². The van der Waals surface area contributed by atoms with Gasteiger partial charge < -0.3 is 20.2 Å². The first-order chi connectivity index (χ1) is 20.9. The number of benzene rings is 3. The lowest BCUT2D eigenvalue weighted by Gasteiger charge is -2.42. The van der Waals surface area contributed by atoms with E-state index in [4.69, 9.17) is 11.6 Å². The monoisotopic (exact) mass is 673 g/mol. The summed E-state index contributed by atoms with van der Waals surface area (Å²) in [4.78, 5) is 17.1. The van der Waals surface area contributed by atoms with Crippen LogP contribution < -0.4 is 5.32 Å². The van der Waals surface area contributed by atoms with Gasteiger partial charge in [-0.2, -0.15) is 0 Å². The maximum Gasteiger partial charge on any atom is 0.317 e. The van der Waals surface area contributed by atoms with Gasteiger partial charge in [0.2, 0.25) is 0 Å². The minimum atomic E-state index is -0.777. The molecule has 2 heterocycles. The summed E-state index contributed by atoms with van der Waals surface area (Å²) in [6, 6.07) is 30.0. The molecule has 0 radical (unpaired) electrons. The second-order valence-corrected chi connectivity index (χ2v) is 13.1. The average molecular weight is 675 g/mol. The molecule has 3 aromatic rings. The van der Waals surface area contributed by atoms with Crippen LogP contribution in [0, 0.1) is 5.92 Å².